The summed E-state index contributed by atoms with van der Waals surface area (Å²) in [7, 11) is 0. The molecule has 2 N–H and O–H groups in total. The standard InChI is InChI=1S/C24H31Cl2N5/c1-4-17-13-19(25)23(20(26)14-17)22-16(3)30-31-21(12-15(2)29-24(22)31)28-11-10-27-18-8-6-5-7-9-18/h12-14,18,27-28H,4-11H2,1-3H3. The van der Waals surface area contributed by atoms with Crippen molar-refractivity contribution in [3.8, 4) is 11.1 Å². The van der Waals surface area contributed by atoms with Gasteiger partial charge in [-0.25, -0.2) is 4.98 Å². The van der Waals surface area contributed by atoms with Gasteiger partial charge in [-0.15, -0.1) is 0 Å². The zero-order valence-electron chi connectivity index (χ0n) is 18.6. The highest BCUT2D eigenvalue weighted by Crippen LogP contribution is 2.40. The van der Waals surface area contributed by atoms with Crippen molar-refractivity contribution in [3.63, 3.8) is 0 Å². The van der Waals surface area contributed by atoms with Crippen molar-refractivity contribution in [1.29, 1.82) is 0 Å². The Morgan fingerprint density at radius 1 is 1.00 bits per heavy atom. The fraction of sp³-hybridized carbons (Fsp3) is 0.500. The molecule has 3 aromatic rings. The molecule has 31 heavy (non-hydrogen) atoms. The Morgan fingerprint density at radius 3 is 2.39 bits per heavy atom. The second-order valence-electron chi connectivity index (χ2n) is 8.48. The predicted octanol–water partition coefficient (Wildman–Crippen LogP) is 6.22. The predicted molar refractivity (Wildman–Crippen MR) is 131 cm³/mol. The maximum Gasteiger partial charge on any atom is 0.165 e. The molecule has 7 heteroatoms. The highest BCUT2D eigenvalue weighted by molar-refractivity contribution is 6.39. The lowest BCUT2D eigenvalue weighted by Gasteiger charge is -2.23. The van der Waals surface area contributed by atoms with Crippen molar-refractivity contribution in [3.05, 3.63) is 45.2 Å². The molecule has 0 bridgehead atoms. The molecule has 5 nitrogen and oxygen atoms in total. The van der Waals surface area contributed by atoms with Gasteiger partial charge in [0.15, 0.2) is 5.65 Å². The van der Waals surface area contributed by atoms with E-state index in [2.05, 4.69) is 17.6 Å². The average Bonchev–Trinajstić information content (AvgIpc) is 3.07. The number of benzene rings is 1. The zero-order chi connectivity index (χ0) is 22.0. The topological polar surface area (TPSA) is 54.2 Å². The molecule has 4 rings (SSSR count). The number of rotatable bonds is 7. The van der Waals surface area contributed by atoms with Crippen LogP contribution in [0.3, 0.4) is 0 Å². The molecule has 1 aliphatic carbocycles. The fourth-order valence-corrected chi connectivity index (χ4v) is 5.23. The van der Waals surface area contributed by atoms with Crippen molar-refractivity contribution >= 4 is 34.7 Å². The number of hydrogen-bond donors (Lipinski definition) is 2. The minimum absolute atomic E-state index is 0.636. The molecule has 0 saturated heterocycles. The van der Waals surface area contributed by atoms with E-state index in [-0.39, 0.29) is 0 Å². The number of nitrogens with one attached hydrogen (secondary N) is 2. The molecule has 1 aliphatic rings. The van der Waals surface area contributed by atoms with E-state index >= 15 is 0 Å². The van der Waals surface area contributed by atoms with Crippen LogP contribution >= 0.6 is 23.2 Å². The number of aromatic nitrogens is 3. The first kappa shape index (κ1) is 22.4. The van der Waals surface area contributed by atoms with Crippen LogP contribution in [0.25, 0.3) is 16.8 Å². The highest BCUT2D eigenvalue weighted by atomic mass is 35.5. The first-order chi connectivity index (χ1) is 15.0. The van der Waals surface area contributed by atoms with Crippen LogP contribution in [0.2, 0.25) is 10.0 Å². The molecule has 0 unspecified atom stereocenters. The van der Waals surface area contributed by atoms with Crippen molar-refractivity contribution in [1.82, 2.24) is 19.9 Å². The van der Waals surface area contributed by atoms with Gasteiger partial charge in [0.25, 0.3) is 0 Å². The molecule has 1 aromatic carbocycles. The third-order valence-electron chi connectivity index (χ3n) is 6.12. The fourth-order valence-electron chi connectivity index (χ4n) is 4.51. The molecule has 2 aromatic heterocycles. The first-order valence-corrected chi connectivity index (χ1v) is 12.1. The van der Waals surface area contributed by atoms with E-state index in [4.69, 9.17) is 33.3 Å². The van der Waals surface area contributed by atoms with Crippen molar-refractivity contribution in [2.45, 2.75) is 65.3 Å². The van der Waals surface area contributed by atoms with Crippen molar-refractivity contribution in [2.75, 3.05) is 18.4 Å². The highest BCUT2D eigenvalue weighted by Gasteiger charge is 2.21. The van der Waals surface area contributed by atoms with Crippen LogP contribution in [0.15, 0.2) is 18.2 Å². The van der Waals surface area contributed by atoms with E-state index in [1.54, 1.807) is 0 Å². The molecular weight excluding hydrogens is 429 g/mol. The normalized spacial score (nSPS) is 15.0. The Balaban J connectivity index is 1.61. The molecule has 166 valence electrons. The summed E-state index contributed by atoms with van der Waals surface area (Å²) in [6, 6.07) is 6.66. The summed E-state index contributed by atoms with van der Waals surface area (Å²) in [6.45, 7) is 7.83. The third kappa shape index (κ3) is 4.84. The number of aryl methyl sites for hydroxylation is 3. The Kier molecular flexibility index (Phi) is 7.05. The van der Waals surface area contributed by atoms with Gasteiger partial charge in [0.2, 0.25) is 0 Å². The van der Waals surface area contributed by atoms with Crippen LogP contribution in [0, 0.1) is 13.8 Å². The van der Waals surface area contributed by atoms with Crippen LogP contribution in [-0.4, -0.2) is 33.7 Å². The maximum absolute atomic E-state index is 6.66. The minimum Gasteiger partial charge on any atom is -0.369 e. The van der Waals surface area contributed by atoms with Gasteiger partial charge in [-0.3, -0.25) is 0 Å². The van der Waals surface area contributed by atoms with E-state index < -0.39 is 0 Å². The largest absolute Gasteiger partial charge is 0.369 e. The smallest absolute Gasteiger partial charge is 0.165 e. The Morgan fingerprint density at radius 2 is 1.71 bits per heavy atom. The zero-order valence-corrected chi connectivity index (χ0v) is 20.1. The molecule has 1 saturated carbocycles. The number of halogens is 2. The molecule has 0 amide bonds. The average molecular weight is 460 g/mol. The quantitative estimate of drug-likeness (QED) is 0.411. The Bertz CT molecular complexity index is 1050. The monoisotopic (exact) mass is 459 g/mol. The van der Waals surface area contributed by atoms with E-state index in [1.807, 2.05) is 36.6 Å². The summed E-state index contributed by atoms with van der Waals surface area (Å²) in [4.78, 5) is 4.79. The lowest BCUT2D eigenvalue weighted by atomic mass is 9.95. The van der Waals surface area contributed by atoms with Gasteiger partial charge in [-0.2, -0.15) is 9.61 Å². The minimum atomic E-state index is 0.636. The lowest BCUT2D eigenvalue weighted by molar-refractivity contribution is 0.378. The maximum atomic E-state index is 6.66. The summed E-state index contributed by atoms with van der Waals surface area (Å²) in [6.07, 6.45) is 7.52. The Hall–Kier alpha value is -1.82. The van der Waals surface area contributed by atoms with E-state index in [1.165, 1.54) is 32.1 Å². The number of hydrogen-bond acceptors (Lipinski definition) is 4. The molecular formula is C24H31Cl2N5. The van der Waals surface area contributed by atoms with Crippen LogP contribution in [-0.2, 0) is 6.42 Å². The van der Waals surface area contributed by atoms with Crippen LogP contribution in [0.4, 0.5) is 5.82 Å². The lowest BCUT2D eigenvalue weighted by Crippen LogP contribution is -2.34. The summed E-state index contributed by atoms with van der Waals surface area (Å²) in [5.41, 5.74) is 5.36. The van der Waals surface area contributed by atoms with E-state index in [0.717, 1.165) is 59.1 Å². The van der Waals surface area contributed by atoms with Crippen LogP contribution < -0.4 is 10.6 Å². The molecule has 0 radical (unpaired) electrons. The summed E-state index contributed by atoms with van der Waals surface area (Å²) >= 11 is 13.3. The summed E-state index contributed by atoms with van der Waals surface area (Å²) in [5, 5.41) is 13.3. The van der Waals surface area contributed by atoms with Gasteiger partial charge in [-0.05, 0) is 50.8 Å². The van der Waals surface area contributed by atoms with Crippen molar-refractivity contribution in [2.24, 2.45) is 0 Å². The third-order valence-corrected chi connectivity index (χ3v) is 6.72. The second kappa shape index (κ2) is 9.76. The number of anilines is 1. The SMILES string of the molecule is CCc1cc(Cl)c(-c2c(C)nn3c(NCCNC4CCCCC4)cc(C)nc23)c(Cl)c1. The molecule has 0 atom stereocenters. The van der Waals surface area contributed by atoms with Gasteiger partial charge >= 0.3 is 0 Å². The molecule has 0 spiro atoms. The molecule has 2 heterocycles. The van der Waals surface area contributed by atoms with Crippen LogP contribution in [0.1, 0.15) is 56.0 Å². The summed E-state index contributed by atoms with van der Waals surface area (Å²) < 4.78 is 1.87. The van der Waals surface area contributed by atoms with Crippen LogP contribution in [0.5, 0.6) is 0 Å². The van der Waals surface area contributed by atoms with Gasteiger partial charge in [0, 0.05) is 36.5 Å². The first-order valence-electron chi connectivity index (χ1n) is 11.3. The second-order valence-corrected chi connectivity index (χ2v) is 9.30. The molecule has 1 fully saturated rings. The Labute approximate surface area is 194 Å². The van der Waals surface area contributed by atoms with Gasteiger partial charge in [0.05, 0.1) is 21.3 Å². The van der Waals surface area contributed by atoms with Crippen molar-refractivity contribution < 1.29 is 0 Å². The van der Waals surface area contributed by atoms with E-state index in [0.29, 0.717) is 16.1 Å². The summed E-state index contributed by atoms with van der Waals surface area (Å²) in [5.74, 6) is 0.930. The van der Waals surface area contributed by atoms with Gasteiger partial charge in [0.1, 0.15) is 5.82 Å². The number of fused-ring (bicyclic) bond motifs is 1. The van der Waals surface area contributed by atoms with E-state index in [9.17, 15) is 0 Å². The van der Waals surface area contributed by atoms with Gasteiger partial charge in [-0.1, -0.05) is 49.4 Å². The number of nitrogens with zero attached hydrogens (tertiary/aromatic N) is 3. The molecule has 0 aliphatic heterocycles. The van der Waals surface area contributed by atoms with Gasteiger partial charge < -0.3 is 10.6 Å².